The average Bonchev–Trinajstić information content (AvgIpc) is 3.31. The molecular weight excluding hydrogens is 555 g/mol. The van der Waals surface area contributed by atoms with Crippen molar-refractivity contribution in [3.05, 3.63) is 47.0 Å². The topological polar surface area (TPSA) is 44.8 Å². The molecule has 0 spiro atoms. The van der Waals surface area contributed by atoms with Gasteiger partial charge in [0.2, 0.25) is 0 Å². The van der Waals surface area contributed by atoms with Gasteiger partial charge in [0.25, 0.3) is 0 Å². The van der Waals surface area contributed by atoms with Crippen LogP contribution < -0.4 is 0 Å². The zero-order chi connectivity index (χ0) is 26.0. The van der Waals surface area contributed by atoms with Gasteiger partial charge in [0.05, 0.1) is 0 Å². The molecule has 1 aliphatic heterocycles. The predicted octanol–water partition coefficient (Wildman–Crippen LogP) is 7.95. The van der Waals surface area contributed by atoms with Gasteiger partial charge >= 0.3 is 225 Å². The summed E-state index contributed by atoms with van der Waals surface area (Å²) in [5.41, 5.74) is 3.87. The number of benzene rings is 1. The summed E-state index contributed by atoms with van der Waals surface area (Å²) in [4.78, 5) is 13.0. The number of carbonyl (C=O) groups excluding carboxylic acids is 1. The first-order chi connectivity index (χ1) is 17.5. The van der Waals surface area contributed by atoms with Gasteiger partial charge in [-0.2, -0.15) is 0 Å². The Morgan fingerprint density at radius 1 is 1.00 bits per heavy atom. The quantitative estimate of drug-likeness (QED) is 0.116. The van der Waals surface area contributed by atoms with E-state index in [4.69, 9.17) is 14.2 Å². The van der Waals surface area contributed by atoms with E-state index >= 15 is 0 Å². The van der Waals surface area contributed by atoms with Crippen molar-refractivity contribution < 1.29 is 19.0 Å². The molecule has 4 atom stereocenters. The second-order valence-corrected chi connectivity index (χ2v) is 25.2. The van der Waals surface area contributed by atoms with Gasteiger partial charge in [-0.3, -0.25) is 0 Å². The molecule has 1 aliphatic carbocycles. The van der Waals surface area contributed by atoms with Crippen LogP contribution in [0.1, 0.15) is 78.2 Å². The number of methoxy groups -OCH3 is 1. The van der Waals surface area contributed by atoms with Gasteiger partial charge < -0.3 is 0 Å². The van der Waals surface area contributed by atoms with Crippen LogP contribution in [0.2, 0.25) is 17.7 Å². The van der Waals surface area contributed by atoms with E-state index in [1.807, 2.05) is 6.07 Å². The van der Waals surface area contributed by atoms with Crippen molar-refractivity contribution in [3.8, 4) is 0 Å². The molecule has 2 aliphatic rings. The van der Waals surface area contributed by atoms with Crippen LogP contribution in [-0.2, 0) is 25.6 Å². The molecule has 202 valence electrons. The van der Waals surface area contributed by atoms with Gasteiger partial charge in [0, 0.05) is 0 Å². The van der Waals surface area contributed by atoms with Gasteiger partial charge in [-0.15, -0.1) is 0 Å². The standard InChI is InChI=1S/C19H23O4.3C4H9.Sn/c1-12-9-15(19(20)21-3)16-13(2)10-22-18(16)17(12)23-11-14-7-5-4-6-8-14;3*1-3-4-2;/h4-8,12,15,17-18H,2,9-11H2,1,3H3;3*1,3-4H2,2H3;/t12-,15+,17-,18+;;;;/m1..../s1. The third kappa shape index (κ3) is 7.60. The molecule has 1 saturated carbocycles. The SMILES string of the molecule is CCC[CH2][Sn]([CH2]CCC)([CH2]CCC)[CH2]C1=C2[C@@H](C(=O)OC)C[C@@H](C)[C@@H](OCc3ccccc3)[C@H]2OC1. The van der Waals surface area contributed by atoms with E-state index in [1.165, 1.54) is 80.1 Å². The summed E-state index contributed by atoms with van der Waals surface area (Å²) < 4.78 is 24.1. The van der Waals surface area contributed by atoms with E-state index in [0.717, 1.165) is 6.42 Å². The molecule has 4 nitrogen and oxygen atoms in total. The van der Waals surface area contributed by atoms with Crippen molar-refractivity contribution in [3.63, 3.8) is 0 Å². The van der Waals surface area contributed by atoms with Crippen LogP contribution in [0.25, 0.3) is 0 Å². The Hall–Kier alpha value is -0.851. The van der Waals surface area contributed by atoms with Gasteiger partial charge in [-0.1, -0.05) is 0 Å². The second-order valence-electron chi connectivity index (χ2n) is 11.3. The van der Waals surface area contributed by atoms with Crippen LogP contribution in [0.5, 0.6) is 0 Å². The maximum atomic E-state index is 13.0. The molecule has 0 N–H and O–H groups in total. The minimum atomic E-state index is -2.44. The van der Waals surface area contributed by atoms with Crippen LogP contribution in [-0.4, -0.2) is 50.3 Å². The molecule has 1 aromatic carbocycles. The molecule has 0 radical (unpaired) electrons. The second kappa shape index (κ2) is 14.9. The number of fused-ring (bicyclic) bond motifs is 1. The van der Waals surface area contributed by atoms with E-state index in [-0.39, 0.29) is 30.0 Å². The monoisotopic (exact) mass is 606 g/mol. The Bertz CT molecular complexity index is 814. The summed E-state index contributed by atoms with van der Waals surface area (Å²) in [5.74, 6) is -0.0427. The molecule has 1 heterocycles. The summed E-state index contributed by atoms with van der Waals surface area (Å²) in [6, 6.07) is 10.4. The van der Waals surface area contributed by atoms with Crippen LogP contribution >= 0.6 is 0 Å². The molecular formula is C31H50O4Sn. The molecule has 0 bridgehead atoms. The van der Waals surface area contributed by atoms with Gasteiger partial charge in [0.15, 0.2) is 0 Å². The first-order valence-electron chi connectivity index (χ1n) is 14.5. The molecule has 1 fully saturated rings. The first kappa shape index (κ1) is 29.7. The maximum absolute atomic E-state index is 13.0. The number of rotatable bonds is 15. The Morgan fingerprint density at radius 3 is 2.17 bits per heavy atom. The summed E-state index contributed by atoms with van der Waals surface area (Å²) in [7, 11) is 1.53. The molecule has 5 heteroatoms. The number of carbonyl (C=O) groups is 1. The molecule has 1 aromatic rings. The number of ether oxygens (including phenoxy) is 3. The van der Waals surface area contributed by atoms with E-state index in [9.17, 15) is 4.79 Å². The molecule has 0 aromatic heterocycles. The Labute approximate surface area is 224 Å². The van der Waals surface area contributed by atoms with Gasteiger partial charge in [0.1, 0.15) is 0 Å². The van der Waals surface area contributed by atoms with Gasteiger partial charge in [-0.05, 0) is 0 Å². The summed E-state index contributed by atoms with van der Waals surface area (Å²) in [6.07, 6.45) is 8.55. The third-order valence-corrected chi connectivity index (χ3v) is 24.0. The molecule has 36 heavy (non-hydrogen) atoms. The van der Waals surface area contributed by atoms with Crippen molar-refractivity contribution in [1.82, 2.24) is 0 Å². The molecule has 0 saturated heterocycles. The fourth-order valence-electron chi connectivity index (χ4n) is 6.50. The number of hydrogen-bond acceptors (Lipinski definition) is 4. The van der Waals surface area contributed by atoms with Crippen molar-refractivity contribution >= 4 is 24.3 Å². The van der Waals surface area contributed by atoms with Crippen molar-refractivity contribution in [2.24, 2.45) is 11.8 Å². The van der Waals surface area contributed by atoms with E-state index in [1.54, 1.807) is 0 Å². The van der Waals surface area contributed by atoms with Crippen LogP contribution in [0.3, 0.4) is 0 Å². The summed E-state index contributed by atoms with van der Waals surface area (Å²) in [5, 5.41) is 0. The van der Waals surface area contributed by atoms with Crippen LogP contribution in [0, 0.1) is 11.8 Å². The fourth-order valence-corrected chi connectivity index (χ4v) is 23.1. The Kier molecular flexibility index (Phi) is 12.3. The predicted molar refractivity (Wildman–Crippen MR) is 151 cm³/mol. The van der Waals surface area contributed by atoms with Crippen LogP contribution in [0.15, 0.2) is 41.5 Å². The van der Waals surface area contributed by atoms with Crippen LogP contribution in [0.4, 0.5) is 0 Å². The first-order valence-corrected chi connectivity index (χ1v) is 22.6. The van der Waals surface area contributed by atoms with Crippen molar-refractivity contribution in [1.29, 1.82) is 0 Å². The normalized spacial score (nSPS) is 24.1. The molecule has 0 unspecified atom stereocenters. The molecule has 0 amide bonds. The van der Waals surface area contributed by atoms with E-state index < -0.39 is 18.4 Å². The van der Waals surface area contributed by atoms with E-state index in [0.29, 0.717) is 13.2 Å². The zero-order valence-corrected chi connectivity index (χ0v) is 26.4. The third-order valence-electron chi connectivity index (χ3n) is 8.54. The fraction of sp³-hybridized carbons (Fsp3) is 0.710. The summed E-state index contributed by atoms with van der Waals surface area (Å²) in [6.45, 7) is 10.4. The average molecular weight is 605 g/mol. The van der Waals surface area contributed by atoms with Crippen molar-refractivity contribution in [2.75, 3.05) is 13.7 Å². The Balaban J connectivity index is 1.92. The summed E-state index contributed by atoms with van der Waals surface area (Å²) >= 11 is -2.44. The Morgan fingerprint density at radius 2 is 1.61 bits per heavy atom. The van der Waals surface area contributed by atoms with Crippen molar-refractivity contribution in [2.45, 2.75) is 109 Å². The van der Waals surface area contributed by atoms with E-state index in [2.05, 4.69) is 52.0 Å². The zero-order valence-electron chi connectivity index (χ0n) is 23.5. The number of esters is 1. The minimum absolute atomic E-state index is 0.0230. The molecule has 3 rings (SSSR count). The van der Waals surface area contributed by atoms with Gasteiger partial charge in [-0.25, -0.2) is 0 Å². The number of hydrogen-bond donors (Lipinski definition) is 0. The number of unbranched alkanes of at least 4 members (excludes halogenated alkanes) is 3.